The minimum absolute atomic E-state index is 0.379. The van der Waals surface area contributed by atoms with Crippen LogP contribution in [0.25, 0.3) is 17.0 Å². The van der Waals surface area contributed by atoms with Crippen molar-refractivity contribution >= 4 is 22.9 Å². The number of carbonyl (C=O) groups is 1. The number of para-hydroxylation sites is 1. The van der Waals surface area contributed by atoms with Gasteiger partial charge in [-0.2, -0.15) is 0 Å². The predicted octanol–water partition coefficient (Wildman–Crippen LogP) is 3.75. The molecule has 0 saturated heterocycles. The van der Waals surface area contributed by atoms with Gasteiger partial charge in [-0.25, -0.2) is 4.79 Å². The van der Waals surface area contributed by atoms with Gasteiger partial charge in [0.25, 0.3) is 0 Å². The van der Waals surface area contributed by atoms with E-state index in [9.17, 15) is 9.90 Å². The molecule has 2 rings (SSSR count). The summed E-state index contributed by atoms with van der Waals surface area (Å²) in [4.78, 5) is 15.7. The summed E-state index contributed by atoms with van der Waals surface area (Å²) in [5, 5.41) is 10.3. The van der Waals surface area contributed by atoms with Crippen LogP contribution < -0.4 is 0 Å². The number of hydrogen-bond acceptors (Lipinski definition) is 2. The molecule has 19 heavy (non-hydrogen) atoms. The fraction of sp³-hybridized carbons (Fsp3) is 0.250. The third kappa shape index (κ3) is 2.99. The lowest BCUT2D eigenvalue weighted by atomic mass is 9.85. The number of rotatable bonds is 2. The first kappa shape index (κ1) is 13.3. The summed E-state index contributed by atoms with van der Waals surface area (Å²) in [6.45, 7) is 5.67. The van der Waals surface area contributed by atoms with Crippen molar-refractivity contribution in [3.63, 3.8) is 0 Å². The molecule has 0 spiro atoms. The molecule has 0 aliphatic heterocycles. The number of carboxylic acid groups (broad SMARTS) is 1. The maximum atomic E-state index is 11.3. The van der Waals surface area contributed by atoms with E-state index in [1.54, 1.807) is 12.3 Å². The maximum absolute atomic E-state index is 11.3. The quantitative estimate of drug-likeness (QED) is 0.831. The largest absolute Gasteiger partial charge is 0.478 e. The van der Waals surface area contributed by atoms with Crippen LogP contribution in [-0.2, 0) is 4.79 Å². The van der Waals surface area contributed by atoms with Crippen molar-refractivity contribution in [2.45, 2.75) is 20.8 Å². The fourth-order valence-corrected chi connectivity index (χ4v) is 1.93. The van der Waals surface area contributed by atoms with Gasteiger partial charge in [0, 0.05) is 17.2 Å². The third-order valence-electron chi connectivity index (χ3n) is 2.96. The van der Waals surface area contributed by atoms with E-state index in [0.29, 0.717) is 5.57 Å². The molecule has 98 valence electrons. The molecule has 1 heterocycles. The second kappa shape index (κ2) is 4.84. The number of aromatic nitrogens is 1. The van der Waals surface area contributed by atoms with Gasteiger partial charge in [0.1, 0.15) is 0 Å². The molecule has 0 aliphatic carbocycles. The zero-order valence-corrected chi connectivity index (χ0v) is 11.3. The molecule has 3 heteroatoms. The molecule has 1 aromatic carbocycles. The van der Waals surface area contributed by atoms with Gasteiger partial charge in [-0.05, 0) is 29.2 Å². The Morgan fingerprint density at radius 3 is 2.58 bits per heavy atom. The second-order valence-corrected chi connectivity index (χ2v) is 5.57. The van der Waals surface area contributed by atoms with Gasteiger partial charge < -0.3 is 5.11 Å². The lowest BCUT2D eigenvalue weighted by Crippen LogP contribution is -2.17. The standard InChI is InChI=1S/C16H17NO2/c1-16(2,3)13(15(18)19)9-11-8-12-6-4-5-7-14(12)17-10-11/h4-10H,1-3H3,(H,18,19). The van der Waals surface area contributed by atoms with E-state index in [2.05, 4.69) is 4.98 Å². The Hall–Kier alpha value is -2.16. The fourth-order valence-electron chi connectivity index (χ4n) is 1.93. The zero-order valence-electron chi connectivity index (χ0n) is 11.3. The molecular formula is C16H17NO2. The van der Waals surface area contributed by atoms with Gasteiger partial charge >= 0.3 is 5.97 Å². The number of aliphatic carboxylic acids is 1. The molecule has 0 fully saturated rings. The SMILES string of the molecule is CC(C)(C)C(=Cc1cnc2ccccc2c1)C(=O)O. The first-order valence-corrected chi connectivity index (χ1v) is 6.18. The number of fused-ring (bicyclic) bond motifs is 1. The van der Waals surface area contributed by atoms with Crippen LogP contribution in [-0.4, -0.2) is 16.1 Å². The van der Waals surface area contributed by atoms with Crippen LogP contribution in [0.5, 0.6) is 0 Å². The van der Waals surface area contributed by atoms with Crippen LogP contribution in [0.3, 0.4) is 0 Å². The van der Waals surface area contributed by atoms with Crippen molar-refractivity contribution in [3.8, 4) is 0 Å². The molecule has 0 atom stereocenters. The number of benzene rings is 1. The normalized spacial score (nSPS) is 12.7. The summed E-state index contributed by atoms with van der Waals surface area (Å²) >= 11 is 0. The molecule has 1 N–H and O–H groups in total. The van der Waals surface area contributed by atoms with E-state index in [1.807, 2.05) is 51.1 Å². The number of pyridine rings is 1. The van der Waals surface area contributed by atoms with Crippen LogP contribution >= 0.6 is 0 Å². The molecule has 2 aromatic rings. The Bertz CT molecular complexity index is 651. The molecule has 1 aromatic heterocycles. The van der Waals surface area contributed by atoms with Gasteiger partial charge in [-0.15, -0.1) is 0 Å². The van der Waals surface area contributed by atoms with Crippen LogP contribution in [0.1, 0.15) is 26.3 Å². The monoisotopic (exact) mass is 255 g/mol. The van der Waals surface area contributed by atoms with Crippen LogP contribution in [0.4, 0.5) is 0 Å². The first-order valence-electron chi connectivity index (χ1n) is 6.18. The molecular weight excluding hydrogens is 238 g/mol. The lowest BCUT2D eigenvalue weighted by molar-refractivity contribution is -0.133. The topological polar surface area (TPSA) is 50.2 Å². The summed E-state index contributed by atoms with van der Waals surface area (Å²) in [6, 6.07) is 9.74. The highest BCUT2D eigenvalue weighted by molar-refractivity contribution is 5.94. The van der Waals surface area contributed by atoms with E-state index in [4.69, 9.17) is 0 Å². The van der Waals surface area contributed by atoms with Crippen LogP contribution in [0.2, 0.25) is 0 Å². The van der Waals surface area contributed by atoms with E-state index in [1.165, 1.54) is 0 Å². The summed E-state index contributed by atoms with van der Waals surface area (Å²) < 4.78 is 0. The summed E-state index contributed by atoms with van der Waals surface area (Å²) in [7, 11) is 0. The minimum atomic E-state index is -0.888. The van der Waals surface area contributed by atoms with Crippen molar-refractivity contribution in [2.24, 2.45) is 5.41 Å². The molecule has 3 nitrogen and oxygen atoms in total. The number of carboxylic acids is 1. The number of nitrogens with zero attached hydrogens (tertiary/aromatic N) is 1. The Morgan fingerprint density at radius 2 is 1.95 bits per heavy atom. The van der Waals surface area contributed by atoms with Crippen molar-refractivity contribution in [1.82, 2.24) is 4.98 Å². The van der Waals surface area contributed by atoms with E-state index in [0.717, 1.165) is 16.5 Å². The Labute approximate surface area is 112 Å². The van der Waals surface area contributed by atoms with Crippen LogP contribution in [0.15, 0.2) is 42.1 Å². The zero-order chi connectivity index (χ0) is 14.0. The second-order valence-electron chi connectivity index (χ2n) is 5.57. The smallest absolute Gasteiger partial charge is 0.332 e. The van der Waals surface area contributed by atoms with E-state index >= 15 is 0 Å². The average Bonchev–Trinajstić information content (AvgIpc) is 2.34. The third-order valence-corrected chi connectivity index (χ3v) is 2.96. The van der Waals surface area contributed by atoms with Gasteiger partial charge in [0.15, 0.2) is 0 Å². The summed E-state index contributed by atoms with van der Waals surface area (Å²) in [6.07, 6.45) is 3.40. The maximum Gasteiger partial charge on any atom is 0.332 e. The minimum Gasteiger partial charge on any atom is -0.478 e. The van der Waals surface area contributed by atoms with Gasteiger partial charge in [0.05, 0.1) is 5.52 Å². The molecule has 0 aliphatic rings. The van der Waals surface area contributed by atoms with E-state index in [-0.39, 0.29) is 0 Å². The molecule has 0 unspecified atom stereocenters. The highest BCUT2D eigenvalue weighted by atomic mass is 16.4. The highest BCUT2D eigenvalue weighted by Crippen LogP contribution is 2.27. The van der Waals surface area contributed by atoms with Crippen molar-refractivity contribution in [2.75, 3.05) is 0 Å². The Kier molecular flexibility index (Phi) is 3.38. The van der Waals surface area contributed by atoms with Gasteiger partial charge in [-0.1, -0.05) is 39.0 Å². The van der Waals surface area contributed by atoms with Crippen molar-refractivity contribution in [1.29, 1.82) is 0 Å². The number of hydrogen-bond donors (Lipinski definition) is 1. The lowest BCUT2D eigenvalue weighted by Gasteiger charge is -2.19. The molecule has 0 amide bonds. The Morgan fingerprint density at radius 1 is 1.26 bits per heavy atom. The molecule has 0 bridgehead atoms. The van der Waals surface area contributed by atoms with Crippen molar-refractivity contribution < 1.29 is 9.90 Å². The molecule has 0 saturated carbocycles. The summed E-state index contributed by atoms with van der Waals surface area (Å²) in [5.74, 6) is -0.888. The van der Waals surface area contributed by atoms with Crippen LogP contribution in [0, 0.1) is 5.41 Å². The molecule has 0 radical (unpaired) electrons. The van der Waals surface area contributed by atoms with Gasteiger partial charge in [0.2, 0.25) is 0 Å². The average molecular weight is 255 g/mol. The highest BCUT2D eigenvalue weighted by Gasteiger charge is 2.23. The summed E-state index contributed by atoms with van der Waals surface area (Å²) in [5.41, 5.74) is 1.69. The Balaban J connectivity index is 2.52. The van der Waals surface area contributed by atoms with E-state index < -0.39 is 11.4 Å². The van der Waals surface area contributed by atoms with Gasteiger partial charge in [-0.3, -0.25) is 4.98 Å². The first-order chi connectivity index (χ1) is 8.88. The van der Waals surface area contributed by atoms with Crippen molar-refractivity contribution in [3.05, 3.63) is 47.7 Å². The predicted molar refractivity (Wildman–Crippen MR) is 76.8 cm³/mol.